The van der Waals surface area contributed by atoms with E-state index in [9.17, 15) is 22.8 Å². The number of rotatable bonds is 10. The summed E-state index contributed by atoms with van der Waals surface area (Å²) >= 11 is 2.71. The molecule has 10 nitrogen and oxygen atoms in total. The van der Waals surface area contributed by atoms with Crippen LogP contribution in [0, 0.1) is 3.57 Å². The zero-order valence-electron chi connectivity index (χ0n) is 21.3. The van der Waals surface area contributed by atoms with Gasteiger partial charge in [-0.2, -0.15) is 8.42 Å². The highest BCUT2D eigenvalue weighted by Crippen LogP contribution is 2.38. The molecule has 0 spiro atoms. The monoisotopic (exact) mass is 694 g/mol. The van der Waals surface area contributed by atoms with E-state index in [0.29, 0.717) is 20.6 Å². The summed E-state index contributed by atoms with van der Waals surface area (Å²) < 4.78 is 42.6. The molecule has 1 aliphatic rings. The van der Waals surface area contributed by atoms with Crippen molar-refractivity contribution >= 4 is 73.3 Å². The number of hydrogen-bond donors (Lipinski definition) is 1. The molecule has 0 saturated carbocycles. The van der Waals surface area contributed by atoms with Crippen molar-refractivity contribution in [2.24, 2.45) is 0 Å². The first-order chi connectivity index (χ1) is 19.1. The number of carbonyl (C=O) groups excluding carboxylic acids is 3. The van der Waals surface area contributed by atoms with E-state index in [1.54, 1.807) is 18.2 Å². The molecule has 4 rings (SSSR count). The van der Waals surface area contributed by atoms with Crippen LogP contribution < -0.4 is 19.0 Å². The SMILES string of the molecule is COc1cc(/C=C2\SC(=O)N(CCOc3ccccc3)C2=O)cc(I)c1OS(=O)(=O)c1ccc(NC(C)=O)cc1. The van der Waals surface area contributed by atoms with Crippen LogP contribution in [0.25, 0.3) is 6.08 Å². The molecule has 0 aliphatic carbocycles. The zero-order chi connectivity index (χ0) is 28.9. The summed E-state index contributed by atoms with van der Waals surface area (Å²) in [7, 11) is -2.88. The van der Waals surface area contributed by atoms with Crippen molar-refractivity contribution in [1.29, 1.82) is 0 Å². The molecule has 1 fully saturated rings. The van der Waals surface area contributed by atoms with Crippen LogP contribution in [0.15, 0.2) is 76.5 Å². The van der Waals surface area contributed by atoms with E-state index >= 15 is 0 Å². The molecule has 208 valence electrons. The molecule has 0 bridgehead atoms. The maximum atomic E-state index is 12.9. The molecule has 1 heterocycles. The molecule has 3 amide bonds. The van der Waals surface area contributed by atoms with Crippen LogP contribution in [0.2, 0.25) is 0 Å². The van der Waals surface area contributed by atoms with Crippen LogP contribution in [-0.4, -0.2) is 50.6 Å². The van der Waals surface area contributed by atoms with Gasteiger partial charge in [-0.25, -0.2) is 0 Å². The molecule has 0 unspecified atom stereocenters. The number of para-hydroxylation sites is 1. The summed E-state index contributed by atoms with van der Waals surface area (Å²) in [6.45, 7) is 1.59. The summed E-state index contributed by atoms with van der Waals surface area (Å²) in [6.07, 6.45) is 1.53. The number of methoxy groups -OCH3 is 1. The van der Waals surface area contributed by atoms with Crippen molar-refractivity contribution in [3.63, 3.8) is 0 Å². The van der Waals surface area contributed by atoms with Gasteiger partial charge in [0.1, 0.15) is 17.3 Å². The van der Waals surface area contributed by atoms with Gasteiger partial charge < -0.3 is 19.0 Å². The van der Waals surface area contributed by atoms with Gasteiger partial charge in [-0.05, 0) is 94.5 Å². The number of anilines is 1. The predicted molar refractivity (Wildman–Crippen MR) is 159 cm³/mol. The highest BCUT2D eigenvalue weighted by atomic mass is 127. The fourth-order valence-corrected chi connectivity index (χ4v) is 6.29. The van der Waals surface area contributed by atoms with Crippen molar-refractivity contribution in [2.75, 3.05) is 25.6 Å². The molecule has 1 N–H and O–H groups in total. The quantitative estimate of drug-likeness (QED) is 0.174. The molecule has 1 aliphatic heterocycles. The number of benzene rings is 3. The number of halogens is 1. The van der Waals surface area contributed by atoms with Crippen molar-refractivity contribution in [2.45, 2.75) is 11.8 Å². The maximum absolute atomic E-state index is 12.9. The second-order valence-corrected chi connectivity index (χ2v) is 12.0. The lowest BCUT2D eigenvalue weighted by Crippen LogP contribution is -2.32. The summed E-state index contributed by atoms with van der Waals surface area (Å²) in [5.74, 6) is -0.0123. The maximum Gasteiger partial charge on any atom is 0.339 e. The van der Waals surface area contributed by atoms with Gasteiger partial charge in [0.05, 0.1) is 22.1 Å². The van der Waals surface area contributed by atoms with Crippen molar-refractivity contribution in [3.8, 4) is 17.2 Å². The molecule has 1 saturated heterocycles. The standard InChI is InChI=1S/C27H23IN2O8S2/c1-17(31)29-19-8-10-21(11-9-19)40(34,35)38-25-22(28)14-18(15-23(25)36-2)16-24-26(32)30(27(33)39-24)12-13-37-20-6-4-3-5-7-20/h3-11,14-16H,12-13H2,1-2H3,(H,29,31)/b24-16-. The van der Waals surface area contributed by atoms with Gasteiger partial charge in [0.15, 0.2) is 11.5 Å². The Hall–Kier alpha value is -3.56. The molecule has 3 aromatic rings. The van der Waals surface area contributed by atoms with Gasteiger partial charge in [0, 0.05) is 12.6 Å². The van der Waals surface area contributed by atoms with Gasteiger partial charge in [0.2, 0.25) is 5.91 Å². The van der Waals surface area contributed by atoms with Crippen LogP contribution in [0.5, 0.6) is 17.2 Å². The highest BCUT2D eigenvalue weighted by molar-refractivity contribution is 14.1. The van der Waals surface area contributed by atoms with Crippen LogP contribution in [0.1, 0.15) is 12.5 Å². The van der Waals surface area contributed by atoms with Crippen molar-refractivity contribution < 1.29 is 36.5 Å². The lowest BCUT2D eigenvalue weighted by Gasteiger charge is -2.14. The molecular formula is C27H23IN2O8S2. The number of amides is 3. The van der Waals surface area contributed by atoms with E-state index in [2.05, 4.69) is 5.32 Å². The molecule has 0 radical (unpaired) electrons. The van der Waals surface area contributed by atoms with E-state index in [-0.39, 0.29) is 40.4 Å². The summed E-state index contributed by atoms with van der Waals surface area (Å²) in [5, 5.41) is 2.15. The third kappa shape index (κ3) is 7.14. The van der Waals surface area contributed by atoms with Crippen LogP contribution in [0.3, 0.4) is 0 Å². The third-order valence-electron chi connectivity index (χ3n) is 5.41. The van der Waals surface area contributed by atoms with E-state index in [4.69, 9.17) is 13.7 Å². The molecule has 13 heteroatoms. The number of nitrogens with one attached hydrogen (secondary N) is 1. The van der Waals surface area contributed by atoms with E-state index < -0.39 is 21.3 Å². The fourth-order valence-electron chi connectivity index (χ4n) is 3.59. The lowest BCUT2D eigenvalue weighted by atomic mass is 10.2. The number of ether oxygens (including phenoxy) is 2. The number of carbonyl (C=O) groups is 3. The number of nitrogens with zero attached hydrogens (tertiary/aromatic N) is 1. The smallest absolute Gasteiger partial charge is 0.339 e. The van der Waals surface area contributed by atoms with E-state index in [1.165, 1.54) is 50.4 Å². The van der Waals surface area contributed by atoms with Gasteiger partial charge in [-0.15, -0.1) is 0 Å². The highest BCUT2D eigenvalue weighted by Gasteiger charge is 2.35. The Morgan fingerprint density at radius 3 is 2.42 bits per heavy atom. The first-order valence-electron chi connectivity index (χ1n) is 11.7. The average Bonchev–Trinajstić information content (AvgIpc) is 3.17. The number of hydrogen-bond acceptors (Lipinski definition) is 9. The van der Waals surface area contributed by atoms with Gasteiger partial charge >= 0.3 is 10.1 Å². The molecule has 0 atom stereocenters. The van der Waals surface area contributed by atoms with E-state index in [0.717, 1.165) is 16.7 Å². The Bertz CT molecular complexity index is 1580. The fraction of sp³-hybridized carbons (Fsp3) is 0.148. The average molecular weight is 695 g/mol. The molecule has 0 aromatic heterocycles. The number of imide groups is 1. The van der Waals surface area contributed by atoms with Crippen LogP contribution in [-0.2, 0) is 19.7 Å². The van der Waals surface area contributed by atoms with Gasteiger partial charge in [0.25, 0.3) is 11.1 Å². The first kappa shape index (κ1) is 29.4. The van der Waals surface area contributed by atoms with Crippen molar-refractivity contribution in [1.82, 2.24) is 4.90 Å². The Balaban J connectivity index is 1.49. The Kier molecular flexibility index (Phi) is 9.37. The summed E-state index contributed by atoms with van der Waals surface area (Å²) in [6, 6.07) is 17.7. The largest absolute Gasteiger partial charge is 0.493 e. The Morgan fingerprint density at radius 2 is 1.77 bits per heavy atom. The molecule has 40 heavy (non-hydrogen) atoms. The van der Waals surface area contributed by atoms with Crippen LogP contribution >= 0.6 is 34.4 Å². The first-order valence-corrected chi connectivity index (χ1v) is 15.0. The minimum absolute atomic E-state index is 0.0302. The summed E-state index contributed by atoms with van der Waals surface area (Å²) in [5.41, 5.74) is 0.952. The zero-order valence-corrected chi connectivity index (χ0v) is 25.0. The van der Waals surface area contributed by atoms with Crippen molar-refractivity contribution in [3.05, 3.63) is 80.8 Å². The second kappa shape index (κ2) is 12.7. The molecular weight excluding hydrogens is 671 g/mol. The molecule has 3 aromatic carbocycles. The minimum Gasteiger partial charge on any atom is -0.493 e. The number of thioether (sulfide) groups is 1. The third-order valence-corrected chi connectivity index (χ3v) is 8.35. The minimum atomic E-state index is -4.24. The Morgan fingerprint density at radius 1 is 1.07 bits per heavy atom. The lowest BCUT2D eigenvalue weighted by molar-refractivity contribution is -0.123. The van der Waals surface area contributed by atoms with Gasteiger partial charge in [-0.3, -0.25) is 19.3 Å². The van der Waals surface area contributed by atoms with Crippen LogP contribution in [0.4, 0.5) is 10.5 Å². The second-order valence-electron chi connectivity index (χ2n) is 8.27. The predicted octanol–water partition coefficient (Wildman–Crippen LogP) is 5.14. The van der Waals surface area contributed by atoms with E-state index in [1.807, 2.05) is 40.8 Å². The summed E-state index contributed by atoms with van der Waals surface area (Å²) in [4.78, 5) is 37.8. The van der Waals surface area contributed by atoms with Gasteiger partial charge in [-0.1, -0.05) is 18.2 Å². The topological polar surface area (TPSA) is 128 Å². The Labute approximate surface area is 248 Å². The normalized spacial score (nSPS) is 14.4.